The van der Waals surface area contributed by atoms with Gasteiger partial charge in [-0.25, -0.2) is 0 Å². The number of carbonyl (C=O) groups excluding carboxylic acids is 1. The Hall–Kier alpha value is -1.06. The van der Waals surface area contributed by atoms with E-state index >= 15 is 0 Å². The molecule has 0 aliphatic carbocycles. The van der Waals surface area contributed by atoms with Crippen molar-refractivity contribution in [3.05, 3.63) is 29.3 Å². The molecular formula is C12H19ClN2O. The lowest BCUT2D eigenvalue weighted by Crippen LogP contribution is -2.28. The summed E-state index contributed by atoms with van der Waals surface area (Å²) in [7, 11) is 0. The number of halogens is 1. The summed E-state index contributed by atoms with van der Waals surface area (Å²) in [5, 5.41) is 5.20. The van der Waals surface area contributed by atoms with Gasteiger partial charge in [-0.2, -0.15) is 0 Å². The number of anilines is 1. The van der Waals surface area contributed by atoms with Gasteiger partial charge in [0.25, 0.3) is 0 Å². The van der Waals surface area contributed by atoms with Crippen molar-refractivity contribution >= 4 is 24.0 Å². The summed E-state index contributed by atoms with van der Waals surface area (Å²) < 4.78 is 44.9. The number of hydrogen-bond acceptors (Lipinski definition) is 2. The first kappa shape index (κ1) is 7.30. The molecule has 0 fully saturated rings. The van der Waals surface area contributed by atoms with Crippen LogP contribution in [0.25, 0.3) is 0 Å². The van der Waals surface area contributed by atoms with Gasteiger partial charge in [-0.3, -0.25) is 4.79 Å². The van der Waals surface area contributed by atoms with Gasteiger partial charge in [0.05, 0.1) is 6.54 Å². The summed E-state index contributed by atoms with van der Waals surface area (Å²) in [4.78, 5) is 11.8. The number of para-hydroxylation sites is 1. The molecule has 3 nitrogen and oxygen atoms in total. The minimum absolute atomic E-state index is 0. The van der Waals surface area contributed by atoms with E-state index in [9.17, 15) is 4.79 Å². The number of aryl methyl sites for hydroxylation is 2. The van der Waals surface area contributed by atoms with Crippen LogP contribution in [0.2, 0.25) is 0 Å². The zero-order chi connectivity index (χ0) is 16.3. The average Bonchev–Trinajstić information content (AvgIpc) is 2.34. The highest BCUT2D eigenvalue weighted by Crippen LogP contribution is 2.18. The van der Waals surface area contributed by atoms with Crippen molar-refractivity contribution in [2.24, 2.45) is 0 Å². The van der Waals surface area contributed by atoms with Crippen LogP contribution >= 0.6 is 12.4 Å². The summed E-state index contributed by atoms with van der Waals surface area (Å²) in [6, 6.07) is 3.96. The largest absolute Gasteiger partial charge is 0.324 e. The molecule has 90 valence electrons. The monoisotopic (exact) mass is 248 g/mol. The number of rotatable bonds is 4. The SMILES string of the molecule is Cl.[2H]C([2H])([2H])c1cccc(C([2H])([2H])[2H])c1NC(=O)CNCC. The third kappa shape index (κ3) is 4.21. The predicted molar refractivity (Wildman–Crippen MR) is 70.3 cm³/mol. The zero-order valence-electron chi connectivity index (χ0n) is 15.0. The number of likely N-dealkylation sites (N-methyl/N-ethyl adjacent to an activating group) is 1. The Morgan fingerprint density at radius 3 is 2.50 bits per heavy atom. The van der Waals surface area contributed by atoms with Crippen LogP contribution in [0.5, 0.6) is 0 Å². The van der Waals surface area contributed by atoms with Gasteiger partial charge >= 0.3 is 0 Å². The Morgan fingerprint density at radius 2 is 2.00 bits per heavy atom. The van der Waals surface area contributed by atoms with Crippen molar-refractivity contribution in [2.75, 3.05) is 18.4 Å². The van der Waals surface area contributed by atoms with Crippen molar-refractivity contribution < 1.29 is 13.0 Å². The molecular weight excluding hydrogens is 224 g/mol. The van der Waals surface area contributed by atoms with Crippen LogP contribution < -0.4 is 10.6 Å². The average molecular weight is 249 g/mol. The summed E-state index contributed by atoms with van der Waals surface area (Å²) in [6.45, 7) is -2.66. The molecule has 0 aliphatic rings. The topological polar surface area (TPSA) is 41.1 Å². The molecule has 0 spiro atoms. The smallest absolute Gasteiger partial charge is 0.238 e. The highest BCUT2D eigenvalue weighted by atomic mass is 35.5. The molecule has 0 aliphatic heterocycles. The van der Waals surface area contributed by atoms with E-state index in [-0.39, 0.29) is 35.8 Å². The maximum atomic E-state index is 11.8. The van der Waals surface area contributed by atoms with E-state index in [1.54, 1.807) is 0 Å². The second-order valence-corrected chi connectivity index (χ2v) is 3.06. The van der Waals surface area contributed by atoms with Crippen LogP contribution in [0, 0.1) is 13.7 Å². The number of benzene rings is 1. The lowest BCUT2D eigenvalue weighted by Gasteiger charge is -2.11. The fraction of sp³-hybridized carbons (Fsp3) is 0.417. The van der Waals surface area contributed by atoms with Crippen molar-refractivity contribution in [1.29, 1.82) is 0 Å². The maximum absolute atomic E-state index is 11.8. The molecule has 1 aromatic rings. The molecule has 0 atom stereocenters. The van der Waals surface area contributed by atoms with Gasteiger partial charge in [-0.15, -0.1) is 12.4 Å². The Labute approximate surface area is 111 Å². The Kier molecular flexibility index (Phi) is 3.31. The van der Waals surface area contributed by atoms with E-state index < -0.39 is 19.6 Å². The standard InChI is InChI=1S/C12H18N2O.ClH/c1-4-13-8-11(15)14-12-9(2)6-5-7-10(12)3;/h5-7,13H,4,8H2,1-3H3,(H,14,15);1H/i2D3,3D3;. The van der Waals surface area contributed by atoms with E-state index in [0.29, 0.717) is 6.54 Å². The quantitative estimate of drug-likeness (QED) is 0.859. The van der Waals surface area contributed by atoms with Crippen LogP contribution in [-0.2, 0) is 4.79 Å². The fourth-order valence-corrected chi connectivity index (χ4v) is 1.11. The van der Waals surface area contributed by atoms with Crippen molar-refractivity contribution in [3.8, 4) is 0 Å². The molecule has 1 amide bonds. The Morgan fingerprint density at radius 1 is 1.38 bits per heavy atom. The number of nitrogens with one attached hydrogen (secondary N) is 2. The molecule has 0 heterocycles. The number of hydrogen-bond donors (Lipinski definition) is 2. The van der Waals surface area contributed by atoms with Crippen LogP contribution in [0.4, 0.5) is 5.69 Å². The van der Waals surface area contributed by atoms with E-state index in [2.05, 4.69) is 10.6 Å². The maximum Gasteiger partial charge on any atom is 0.238 e. The lowest BCUT2D eigenvalue weighted by molar-refractivity contribution is -0.115. The highest BCUT2D eigenvalue weighted by molar-refractivity contribution is 5.93. The van der Waals surface area contributed by atoms with Crippen molar-refractivity contribution in [3.63, 3.8) is 0 Å². The summed E-state index contributed by atoms with van der Waals surface area (Å²) in [5.74, 6) is -0.487. The summed E-state index contributed by atoms with van der Waals surface area (Å²) in [5.41, 5.74) is -0.512. The van der Waals surface area contributed by atoms with E-state index in [1.807, 2.05) is 6.92 Å². The van der Waals surface area contributed by atoms with E-state index in [1.165, 1.54) is 18.2 Å². The molecule has 0 bridgehead atoms. The Bertz CT molecular complexity index is 483. The lowest BCUT2D eigenvalue weighted by atomic mass is 10.1. The van der Waals surface area contributed by atoms with Gasteiger partial charge in [-0.05, 0) is 31.4 Å². The molecule has 1 aromatic carbocycles. The molecule has 0 saturated carbocycles. The van der Waals surface area contributed by atoms with E-state index in [4.69, 9.17) is 8.22 Å². The van der Waals surface area contributed by atoms with Gasteiger partial charge < -0.3 is 10.6 Å². The first-order valence-corrected chi connectivity index (χ1v) is 4.72. The zero-order valence-corrected chi connectivity index (χ0v) is 9.78. The van der Waals surface area contributed by atoms with Crippen LogP contribution in [0.3, 0.4) is 0 Å². The van der Waals surface area contributed by atoms with Gasteiger partial charge in [0.15, 0.2) is 0 Å². The highest BCUT2D eigenvalue weighted by Gasteiger charge is 2.05. The first-order valence-electron chi connectivity index (χ1n) is 7.72. The van der Waals surface area contributed by atoms with Crippen LogP contribution in [0.15, 0.2) is 18.2 Å². The second kappa shape index (κ2) is 7.25. The molecule has 0 saturated heterocycles. The van der Waals surface area contributed by atoms with Crippen LogP contribution in [0.1, 0.15) is 26.3 Å². The van der Waals surface area contributed by atoms with E-state index in [0.717, 1.165) is 0 Å². The molecule has 16 heavy (non-hydrogen) atoms. The third-order valence-electron chi connectivity index (χ3n) is 1.86. The minimum Gasteiger partial charge on any atom is -0.324 e. The van der Waals surface area contributed by atoms with Gasteiger partial charge in [0.2, 0.25) is 5.91 Å². The molecule has 0 aromatic heterocycles. The number of carbonyl (C=O) groups is 1. The first-order chi connectivity index (χ1) is 9.57. The minimum atomic E-state index is -2.51. The van der Waals surface area contributed by atoms with Gasteiger partial charge in [-0.1, -0.05) is 25.1 Å². The van der Waals surface area contributed by atoms with Gasteiger partial charge in [0.1, 0.15) is 0 Å². The van der Waals surface area contributed by atoms with Crippen LogP contribution in [-0.4, -0.2) is 19.0 Å². The molecule has 1 rings (SSSR count). The summed E-state index contributed by atoms with van der Waals surface area (Å²) >= 11 is 0. The molecule has 4 heteroatoms. The van der Waals surface area contributed by atoms with Gasteiger partial charge in [0, 0.05) is 13.9 Å². The Balaban J connectivity index is 0.00000441. The predicted octanol–water partition coefficient (Wildman–Crippen LogP) is 2.27. The van der Waals surface area contributed by atoms with Crippen molar-refractivity contribution in [1.82, 2.24) is 5.32 Å². The fourth-order valence-electron chi connectivity index (χ4n) is 1.11. The number of amides is 1. The molecule has 0 radical (unpaired) electrons. The normalized spacial score (nSPS) is 16.6. The molecule has 2 N–H and O–H groups in total. The summed E-state index contributed by atoms with van der Waals surface area (Å²) in [6.07, 6.45) is 0. The third-order valence-corrected chi connectivity index (χ3v) is 1.86. The second-order valence-electron chi connectivity index (χ2n) is 3.06. The molecule has 0 unspecified atom stereocenters. The van der Waals surface area contributed by atoms with Crippen molar-refractivity contribution in [2.45, 2.75) is 20.6 Å².